The summed E-state index contributed by atoms with van der Waals surface area (Å²) in [6, 6.07) is 20.6. The van der Waals surface area contributed by atoms with Crippen molar-refractivity contribution in [1.82, 2.24) is 5.32 Å². The lowest BCUT2D eigenvalue weighted by atomic mass is 9.68. The summed E-state index contributed by atoms with van der Waals surface area (Å²) in [5.74, 6) is -0.647. The monoisotopic (exact) mass is 525 g/mol. The summed E-state index contributed by atoms with van der Waals surface area (Å²) in [7, 11) is -4.07. The molecule has 3 aromatic rings. The van der Waals surface area contributed by atoms with E-state index in [1.807, 2.05) is 31.2 Å². The SMILES string of the molecule is Cc1ccc(S(=O)(=O)Oc2cccc([C@H]3C4=C(CC(C)(C)CC4=O)NC4=C3C(=O)c3ccccc34)c2)cc1. The van der Waals surface area contributed by atoms with Crippen molar-refractivity contribution in [1.29, 1.82) is 0 Å². The first-order valence-corrected chi connectivity index (χ1v) is 14.0. The largest absolute Gasteiger partial charge is 0.379 e. The molecule has 1 atom stereocenters. The highest BCUT2D eigenvalue weighted by Gasteiger charge is 2.46. The molecule has 38 heavy (non-hydrogen) atoms. The Morgan fingerprint density at radius 2 is 1.58 bits per heavy atom. The third-order valence-corrected chi connectivity index (χ3v) is 8.70. The molecule has 0 aromatic heterocycles. The minimum atomic E-state index is -4.07. The molecule has 6 nitrogen and oxygen atoms in total. The van der Waals surface area contributed by atoms with Crippen LogP contribution in [0.5, 0.6) is 5.75 Å². The molecular weight excluding hydrogens is 498 g/mol. The third kappa shape index (κ3) is 3.98. The highest BCUT2D eigenvalue weighted by molar-refractivity contribution is 7.87. The van der Waals surface area contributed by atoms with E-state index < -0.39 is 16.0 Å². The fourth-order valence-electron chi connectivity index (χ4n) is 5.75. The molecule has 1 N–H and O–H groups in total. The van der Waals surface area contributed by atoms with Crippen molar-refractivity contribution in [3.05, 3.63) is 112 Å². The van der Waals surface area contributed by atoms with Crippen molar-refractivity contribution in [2.24, 2.45) is 5.41 Å². The molecule has 192 valence electrons. The Kier molecular flexibility index (Phi) is 5.47. The molecule has 0 saturated heterocycles. The Hall–Kier alpha value is -3.97. The fourth-order valence-corrected chi connectivity index (χ4v) is 6.67. The van der Waals surface area contributed by atoms with E-state index in [1.54, 1.807) is 36.4 Å². The van der Waals surface area contributed by atoms with Crippen LogP contribution in [-0.2, 0) is 14.9 Å². The molecule has 1 heterocycles. The summed E-state index contributed by atoms with van der Waals surface area (Å²) >= 11 is 0. The highest BCUT2D eigenvalue weighted by Crippen LogP contribution is 2.51. The summed E-state index contributed by atoms with van der Waals surface area (Å²) < 4.78 is 31.5. The van der Waals surface area contributed by atoms with Crippen molar-refractivity contribution < 1.29 is 22.2 Å². The predicted octanol–water partition coefficient (Wildman–Crippen LogP) is 5.70. The normalized spacial score (nSPS) is 20.0. The van der Waals surface area contributed by atoms with Crippen LogP contribution in [0.15, 0.2) is 94.5 Å². The van der Waals surface area contributed by atoms with Crippen LogP contribution in [0.25, 0.3) is 5.70 Å². The van der Waals surface area contributed by atoms with E-state index in [0.717, 1.165) is 22.5 Å². The number of aryl methyl sites for hydroxylation is 1. The molecule has 0 radical (unpaired) electrons. The van der Waals surface area contributed by atoms with Gasteiger partial charge in [0.1, 0.15) is 10.6 Å². The molecule has 0 fully saturated rings. The van der Waals surface area contributed by atoms with Gasteiger partial charge < -0.3 is 9.50 Å². The lowest BCUT2D eigenvalue weighted by Gasteiger charge is -2.39. The van der Waals surface area contributed by atoms with E-state index in [2.05, 4.69) is 19.2 Å². The number of hydrogen-bond donors (Lipinski definition) is 1. The van der Waals surface area contributed by atoms with Crippen molar-refractivity contribution >= 4 is 27.4 Å². The maximum atomic E-state index is 13.7. The number of allylic oxidation sites excluding steroid dienone is 3. The first-order valence-electron chi connectivity index (χ1n) is 12.6. The minimum absolute atomic E-state index is 0.0114. The first-order chi connectivity index (χ1) is 18.0. The zero-order valence-electron chi connectivity index (χ0n) is 21.4. The van der Waals surface area contributed by atoms with Crippen LogP contribution in [0.4, 0.5) is 0 Å². The van der Waals surface area contributed by atoms with Gasteiger partial charge in [0.05, 0.1) is 5.70 Å². The zero-order chi connectivity index (χ0) is 26.8. The number of dihydropyridines is 1. The van der Waals surface area contributed by atoms with Gasteiger partial charge in [-0.15, -0.1) is 0 Å². The molecular formula is C31H27NO5S. The lowest BCUT2D eigenvalue weighted by Crippen LogP contribution is -2.37. The second kappa shape index (κ2) is 8.53. The maximum Gasteiger partial charge on any atom is 0.339 e. The van der Waals surface area contributed by atoms with E-state index in [1.165, 1.54) is 12.1 Å². The Bertz CT molecular complexity index is 1690. The fraction of sp³-hybridized carbons (Fsp3) is 0.226. The number of carbonyl (C=O) groups excluding carboxylic acids is 2. The topological polar surface area (TPSA) is 89.5 Å². The van der Waals surface area contributed by atoms with Crippen molar-refractivity contribution in [2.45, 2.75) is 44.4 Å². The molecule has 0 saturated carbocycles. The van der Waals surface area contributed by atoms with Gasteiger partial charge in [0, 0.05) is 40.3 Å². The first kappa shape index (κ1) is 24.4. The number of carbonyl (C=O) groups is 2. The van der Waals surface area contributed by atoms with Crippen LogP contribution >= 0.6 is 0 Å². The van der Waals surface area contributed by atoms with Gasteiger partial charge in [0.2, 0.25) is 0 Å². The molecule has 6 rings (SSSR count). The summed E-state index contributed by atoms with van der Waals surface area (Å²) in [6.45, 7) is 6.00. The summed E-state index contributed by atoms with van der Waals surface area (Å²) in [6.07, 6.45) is 1.03. The van der Waals surface area contributed by atoms with Gasteiger partial charge in [-0.2, -0.15) is 8.42 Å². The van der Waals surface area contributed by atoms with Crippen LogP contribution in [0, 0.1) is 12.3 Å². The summed E-state index contributed by atoms with van der Waals surface area (Å²) in [5, 5.41) is 3.46. The third-order valence-electron chi connectivity index (χ3n) is 7.44. The summed E-state index contributed by atoms with van der Waals surface area (Å²) in [4.78, 5) is 27.3. The Labute approximate surface area is 222 Å². The molecule has 0 unspecified atom stereocenters. The predicted molar refractivity (Wildman–Crippen MR) is 144 cm³/mol. The molecule has 0 amide bonds. The number of rotatable bonds is 4. The van der Waals surface area contributed by atoms with Gasteiger partial charge in [-0.25, -0.2) is 0 Å². The average molecular weight is 526 g/mol. The Morgan fingerprint density at radius 3 is 2.32 bits per heavy atom. The minimum Gasteiger partial charge on any atom is -0.379 e. The summed E-state index contributed by atoms with van der Waals surface area (Å²) in [5.41, 5.74) is 5.38. The van der Waals surface area contributed by atoms with Crippen LogP contribution in [0.1, 0.15) is 59.7 Å². The van der Waals surface area contributed by atoms with Crippen LogP contribution in [-0.4, -0.2) is 20.0 Å². The van der Waals surface area contributed by atoms with E-state index >= 15 is 0 Å². The number of hydrogen-bond acceptors (Lipinski definition) is 6. The van der Waals surface area contributed by atoms with Crippen molar-refractivity contribution in [2.75, 3.05) is 0 Å². The molecule has 3 aliphatic rings. The van der Waals surface area contributed by atoms with Gasteiger partial charge in [0.25, 0.3) is 0 Å². The number of fused-ring (bicyclic) bond motifs is 2. The van der Waals surface area contributed by atoms with E-state index in [0.29, 0.717) is 35.1 Å². The number of ketones is 2. The molecule has 0 spiro atoms. The van der Waals surface area contributed by atoms with Crippen LogP contribution in [0.2, 0.25) is 0 Å². The number of nitrogens with one attached hydrogen (secondary N) is 1. The van der Waals surface area contributed by atoms with Crippen molar-refractivity contribution in [3.63, 3.8) is 0 Å². The van der Waals surface area contributed by atoms with E-state index in [4.69, 9.17) is 4.18 Å². The number of benzene rings is 3. The lowest BCUT2D eigenvalue weighted by molar-refractivity contribution is -0.118. The highest BCUT2D eigenvalue weighted by atomic mass is 32.2. The molecule has 2 aliphatic carbocycles. The van der Waals surface area contributed by atoms with Gasteiger partial charge in [-0.3, -0.25) is 9.59 Å². The molecule has 0 bridgehead atoms. The smallest absolute Gasteiger partial charge is 0.339 e. The van der Waals surface area contributed by atoms with Gasteiger partial charge in [-0.1, -0.05) is 67.9 Å². The Morgan fingerprint density at radius 1 is 0.868 bits per heavy atom. The van der Waals surface area contributed by atoms with Gasteiger partial charge in [-0.05, 0) is 48.6 Å². The standard InChI is InChI=1S/C31H27NO5S/c1-18-11-13-21(14-12-18)38(35,36)37-20-8-6-7-19(15-20)26-27-24(16-31(2,3)17-25(27)33)32-29-22-9-4-5-10-23(22)30(34)28(26)29/h4-15,26,32H,16-17H2,1-3H3/t26-/m0/s1. The van der Waals surface area contributed by atoms with Crippen LogP contribution < -0.4 is 9.50 Å². The van der Waals surface area contributed by atoms with E-state index in [9.17, 15) is 18.0 Å². The van der Waals surface area contributed by atoms with Gasteiger partial charge >= 0.3 is 10.1 Å². The second-order valence-electron chi connectivity index (χ2n) is 11.0. The van der Waals surface area contributed by atoms with E-state index in [-0.39, 0.29) is 27.6 Å². The Balaban J connectivity index is 1.46. The quantitative estimate of drug-likeness (QED) is 0.440. The number of Topliss-reactive ketones (excluding diaryl/α,β-unsaturated/α-hetero) is 2. The molecule has 1 aliphatic heterocycles. The van der Waals surface area contributed by atoms with Gasteiger partial charge in [0.15, 0.2) is 11.6 Å². The average Bonchev–Trinajstić information content (AvgIpc) is 3.14. The second-order valence-corrected chi connectivity index (χ2v) is 12.5. The van der Waals surface area contributed by atoms with Crippen LogP contribution in [0.3, 0.4) is 0 Å². The maximum absolute atomic E-state index is 13.7. The molecule has 3 aromatic carbocycles. The van der Waals surface area contributed by atoms with Crippen molar-refractivity contribution in [3.8, 4) is 5.75 Å². The molecule has 7 heteroatoms. The zero-order valence-corrected chi connectivity index (χ0v) is 22.2.